The van der Waals surface area contributed by atoms with Crippen LogP contribution in [0.2, 0.25) is 0 Å². The van der Waals surface area contributed by atoms with Gasteiger partial charge < -0.3 is 14.7 Å². The van der Waals surface area contributed by atoms with Crippen LogP contribution in [-0.4, -0.2) is 52.2 Å². The summed E-state index contributed by atoms with van der Waals surface area (Å²) in [6.45, 7) is 4.96. The first-order chi connectivity index (χ1) is 9.95. The molecule has 0 aliphatic carbocycles. The molecule has 6 heteroatoms. The SMILES string of the molecule is CC1CN(C(=O)c2ccc(C=CC(=O)O)cn2)CC(C)O1. The first-order valence-electron chi connectivity index (χ1n) is 6.77. The van der Waals surface area contributed by atoms with E-state index in [1.54, 1.807) is 17.0 Å². The Bertz CT molecular complexity index is 543. The summed E-state index contributed by atoms with van der Waals surface area (Å²) in [6, 6.07) is 3.28. The lowest BCUT2D eigenvalue weighted by Crippen LogP contribution is -2.48. The average Bonchev–Trinajstić information content (AvgIpc) is 2.44. The van der Waals surface area contributed by atoms with Crippen LogP contribution in [0, 0.1) is 0 Å². The van der Waals surface area contributed by atoms with Crippen molar-refractivity contribution >= 4 is 18.0 Å². The van der Waals surface area contributed by atoms with E-state index in [4.69, 9.17) is 9.84 Å². The maximum atomic E-state index is 12.4. The first kappa shape index (κ1) is 15.2. The van der Waals surface area contributed by atoms with Gasteiger partial charge in [-0.15, -0.1) is 0 Å². The summed E-state index contributed by atoms with van der Waals surface area (Å²) < 4.78 is 5.60. The fourth-order valence-electron chi connectivity index (χ4n) is 2.30. The summed E-state index contributed by atoms with van der Waals surface area (Å²) in [5.41, 5.74) is 0.987. The third kappa shape index (κ3) is 4.13. The molecule has 1 aromatic heterocycles. The highest BCUT2D eigenvalue weighted by molar-refractivity contribution is 5.92. The number of hydrogen-bond donors (Lipinski definition) is 1. The quantitative estimate of drug-likeness (QED) is 0.852. The van der Waals surface area contributed by atoms with Crippen LogP contribution in [0.1, 0.15) is 29.9 Å². The summed E-state index contributed by atoms with van der Waals surface area (Å²) in [6.07, 6.45) is 3.97. The summed E-state index contributed by atoms with van der Waals surface area (Å²) in [4.78, 5) is 28.6. The Labute approximate surface area is 123 Å². The molecule has 2 atom stereocenters. The third-order valence-electron chi connectivity index (χ3n) is 3.13. The van der Waals surface area contributed by atoms with Crippen LogP contribution < -0.4 is 0 Å². The predicted octanol–water partition coefficient (Wildman–Crippen LogP) is 1.43. The topological polar surface area (TPSA) is 79.7 Å². The second-order valence-corrected chi connectivity index (χ2v) is 5.12. The Morgan fingerprint density at radius 2 is 2.00 bits per heavy atom. The van der Waals surface area contributed by atoms with Crippen LogP contribution in [0.4, 0.5) is 0 Å². The number of pyridine rings is 1. The molecule has 1 aliphatic rings. The molecule has 0 aromatic carbocycles. The zero-order valence-corrected chi connectivity index (χ0v) is 12.0. The molecule has 1 aromatic rings. The van der Waals surface area contributed by atoms with Crippen LogP contribution >= 0.6 is 0 Å². The van der Waals surface area contributed by atoms with Crippen molar-refractivity contribution in [2.75, 3.05) is 13.1 Å². The number of nitrogens with zero attached hydrogens (tertiary/aromatic N) is 2. The van der Waals surface area contributed by atoms with Gasteiger partial charge in [-0.2, -0.15) is 0 Å². The second kappa shape index (κ2) is 6.49. The molecule has 1 N–H and O–H groups in total. The normalized spacial score (nSPS) is 22.5. The molecule has 0 saturated carbocycles. The lowest BCUT2D eigenvalue weighted by Gasteiger charge is -2.35. The molecule has 2 rings (SSSR count). The summed E-state index contributed by atoms with van der Waals surface area (Å²) >= 11 is 0. The Morgan fingerprint density at radius 3 is 2.52 bits per heavy atom. The van der Waals surface area contributed by atoms with Crippen molar-refractivity contribution in [3.05, 3.63) is 35.7 Å². The van der Waals surface area contributed by atoms with Gasteiger partial charge in [0, 0.05) is 25.4 Å². The van der Waals surface area contributed by atoms with E-state index in [-0.39, 0.29) is 18.1 Å². The van der Waals surface area contributed by atoms with E-state index < -0.39 is 5.97 Å². The van der Waals surface area contributed by atoms with Crippen LogP contribution in [0.5, 0.6) is 0 Å². The molecule has 21 heavy (non-hydrogen) atoms. The van der Waals surface area contributed by atoms with Gasteiger partial charge >= 0.3 is 5.97 Å². The van der Waals surface area contributed by atoms with Crippen molar-refractivity contribution in [1.29, 1.82) is 0 Å². The first-order valence-corrected chi connectivity index (χ1v) is 6.77. The minimum absolute atomic E-state index is 0.00970. The third-order valence-corrected chi connectivity index (χ3v) is 3.13. The number of carbonyl (C=O) groups excluding carboxylic acids is 1. The number of aliphatic carboxylic acids is 1. The molecule has 0 bridgehead atoms. The van der Waals surface area contributed by atoms with Crippen LogP contribution in [0.3, 0.4) is 0 Å². The maximum Gasteiger partial charge on any atom is 0.328 e. The molecule has 0 spiro atoms. The molecule has 6 nitrogen and oxygen atoms in total. The summed E-state index contributed by atoms with van der Waals surface area (Å²) in [5.74, 6) is -1.16. The van der Waals surface area contributed by atoms with Gasteiger partial charge in [-0.3, -0.25) is 9.78 Å². The Morgan fingerprint density at radius 1 is 1.33 bits per heavy atom. The second-order valence-electron chi connectivity index (χ2n) is 5.12. The van der Waals surface area contributed by atoms with E-state index in [1.807, 2.05) is 13.8 Å². The molecule has 0 radical (unpaired) electrons. The molecular formula is C15H18N2O4. The Balaban J connectivity index is 2.07. The van der Waals surface area contributed by atoms with Crippen LogP contribution in [-0.2, 0) is 9.53 Å². The van der Waals surface area contributed by atoms with Crippen molar-refractivity contribution in [1.82, 2.24) is 9.88 Å². The number of carbonyl (C=O) groups is 2. The fourth-order valence-corrected chi connectivity index (χ4v) is 2.30. The van der Waals surface area contributed by atoms with Gasteiger partial charge in [-0.25, -0.2) is 4.79 Å². The van der Waals surface area contributed by atoms with Crippen LogP contribution in [0.25, 0.3) is 6.08 Å². The fraction of sp³-hybridized carbons (Fsp3) is 0.400. The van der Waals surface area contributed by atoms with Gasteiger partial charge in [-0.1, -0.05) is 6.07 Å². The Kier molecular flexibility index (Phi) is 4.70. The maximum absolute atomic E-state index is 12.4. The van der Waals surface area contributed by atoms with Gasteiger partial charge in [0.25, 0.3) is 5.91 Å². The van der Waals surface area contributed by atoms with E-state index in [9.17, 15) is 9.59 Å². The largest absolute Gasteiger partial charge is 0.478 e. The zero-order chi connectivity index (χ0) is 15.4. The van der Waals surface area contributed by atoms with E-state index >= 15 is 0 Å². The van der Waals surface area contributed by atoms with E-state index in [0.29, 0.717) is 24.3 Å². The molecule has 1 saturated heterocycles. The number of carboxylic acids is 1. The minimum atomic E-state index is -1.02. The number of amides is 1. The predicted molar refractivity (Wildman–Crippen MR) is 76.8 cm³/mol. The summed E-state index contributed by atoms with van der Waals surface area (Å²) in [7, 11) is 0. The molecule has 1 aliphatic heterocycles. The lowest BCUT2D eigenvalue weighted by atomic mass is 10.2. The lowest BCUT2D eigenvalue weighted by molar-refractivity contribution is -0.131. The monoisotopic (exact) mass is 290 g/mol. The van der Waals surface area contributed by atoms with E-state index in [1.165, 1.54) is 12.3 Å². The highest BCUT2D eigenvalue weighted by Crippen LogP contribution is 2.14. The van der Waals surface area contributed by atoms with Crippen molar-refractivity contribution in [2.24, 2.45) is 0 Å². The number of ether oxygens (including phenoxy) is 1. The molecule has 2 unspecified atom stereocenters. The molecule has 112 valence electrons. The molecule has 1 amide bonds. The van der Waals surface area contributed by atoms with E-state index in [0.717, 1.165) is 6.08 Å². The van der Waals surface area contributed by atoms with Gasteiger partial charge in [0.2, 0.25) is 0 Å². The van der Waals surface area contributed by atoms with Crippen LogP contribution in [0.15, 0.2) is 24.4 Å². The van der Waals surface area contributed by atoms with E-state index in [2.05, 4.69) is 4.98 Å². The van der Waals surface area contributed by atoms with Gasteiger partial charge in [0.15, 0.2) is 0 Å². The number of carboxylic acid groups (broad SMARTS) is 1. The highest BCUT2D eigenvalue weighted by atomic mass is 16.5. The van der Waals surface area contributed by atoms with Crippen molar-refractivity contribution in [2.45, 2.75) is 26.1 Å². The number of rotatable bonds is 3. The Hall–Kier alpha value is -2.21. The standard InChI is InChI=1S/C15H18N2O4/c1-10-8-17(9-11(2)21-10)15(20)13-5-3-12(7-16-13)4-6-14(18)19/h3-7,10-11H,8-9H2,1-2H3,(H,18,19). The van der Waals surface area contributed by atoms with Crippen molar-refractivity contribution in [3.8, 4) is 0 Å². The number of aromatic nitrogens is 1. The van der Waals surface area contributed by atoms with Gasteiger partial charge in [0.1, 0.15) is 5.69 Å². The smallest absolute Gasteiger partial charge is 0.328 e. The molecule has 1 fully saturated rings. The minimum Gasteiger partial charge on any atom is -0.478 e. The molecule has 2 heterocycles. The van der Waals surface area contributed by atoms with Gasteiger partial charge in [0.05, 0.1) is 12.2 Å². The highest BCUT2D eigenvalue weighted by Gasteiger charge is 2.27. The van der Waals surface area contributed by atoms with Gasteiger partial charge in [-0.05, 0) is 31.6 Å². The summed E-state index contributed by atoms with van der Waals surface area (Å²) in [5, 5.41) is 8.56. The van der Waals surface area contributed by atoms with Crippen molar-refractivity contribution in [3.63, 3.8) is 0 Å². The average molecular weight is 290 g/mol. The number of morpholine rings is 1. The zero-order valence-electron chi connectivity index (χ0n) is 12.0. The number of hydrogen-bond acceptors (Lipinski definition) is 4. The van der Waals surface area contributed by atoms with Crippen molar-refractivity contribution < 1.29 is 19.4 Å². The molecular weight excluding hydrogens is 272 g/mol.